The van der Waals surface area contributed by atoms with Crippen molar-refractivity contribution >= 4 is 17.3 Å². The highest BCUT2D eigenvalue weighted by atomic mass is 16.3. The van der Waals surface area contributed by atoms with E-state index < -0.39 is 0 Å². The highest BCUT2D eigenvalue weighted by Crippen LogP contribution is 2.24. The molecule has 0 aliphatic rings. The zero-order chi connectivity index (χ0) is 19.3. The van der Waals surface area contributed by atoms with Crippen LogP contribution in [0.1, 0.15) is 21.7 Å². The summed E-state index contributed by atoms with van der Waals surface area (Å²) in [5, 5.41) is 2.90. The molecule has 28 heavy (non-hydrogen) atoms. The lowest BCUT2D eigenvalue weighted by atomic mass is 10.0. The number of benzene rings is 3. The van der Waals surface area contributed by atoms with Crippen LogP contribution >= 0.6 is 0 Å². The average molecular weight is 368 g/mol. The maximum atomic E-state index is 12.6. The van der Waals surface area contributed by atoms with Crippen molar-refractivity contribution in [3.05, 3.63) is 108 Å². The second-order valence-electron chi connectivity index (χ2n) is 6.61. The summed E-state index contributed by atoms with van der Waals surface area (Å²) in [5.41, 5.74) is 10.4. The third-order valence-corrected chi connectivity index (χ3v) is 4.44. The zero-order valence-corrected chi connectivity index (χ0v) is 15.3. The van der Waals surface area contributed by atoms with Gasteiger partial charge in [0.15, 0.2) is 5.76 Å². The summed E-state index contributed by atoms with van der Waals surface area (Å²) < 4.78 is 5.72. The molecule has 0 spiro atoms. The molecule has 0 bridgehead atoms. The van der Waals surface area contributed by atoms with E-state index >= 15 is 0 Å². The minimum absolute atomic E-state index is 0.255. The smallest absolute Gasteiger partial charge is 0.291 e. The maximum Gasteiger partial charge on any atom is 0.291 e. The molecule has 3 aromatic carbocycles. The van der Waals surface area contributed by atoms with E-state index in [1.54, 1.807) is 12.1 Å². The number of nitrogens with two attached hydrogens (primary N) is 1. The van der Waals surface area contributed by atoms with E-state index in [1.165, 1.54) is 5.56 Å². The number of carbonyl (C=O) groups is 1. The second-order valence-corrected chi connectivity index (χ2v) is 6.61. The highest BCUT2D eigenvalue weighted by Gasteiger charge is 2.13. The van der Waals surface area contributed by atoms with E-state index in [4.69, 9.17) is 10.2 Å². The first kappa shape index (κ1) is 17.6. The lowest BCUT2D eigenvalue weighted by molar-refractivity contribution is 0.0997. The molecule has 1 amide bonds. The molecule has 1 aromatic heterocycles. The number of anilines is 2. The third kappa shape index (κ3) is 4.13. The van der Waals surface area contributed by atoms with Crippen LogP contribution < -0.4 is 11.1 Å². The van der Waals surface area contributed by atoms with Gasteiger partial charge < -0.3 is 15.5 Å². The van der Waals surface area contributed by atoms with Gasteiger partial charge in [-0.05, 0) is 53.9 Å². The van der Waals surface area contributed by atoms with Gasteiger partial charge in [0.2, 0.25) is 0 Å². The van der Waals surface area contributed by atoms with Crippen LogP contribution in [0.4, 0.5) is 11.4 Å². The molecule has 0 saturated carbocycles. The van der Waals surface area contributed by atoms with Crippen molar-refractivity contribution in [2.24, 2.45) is 0 Å². The summed E-state index contributed by atoms with van der Waals surface area (Å²) in [6.45, 7) is 0. The summed E-state index contributed by atoms with van der Waals surface area (Å²) in [4.78, 5) is 12.6. The number of amides is 1. The van der Waals surface area contributed by atoms with Crippen molar-refractivity contribution in [2.75, 3.05) is 11.1 Å². The Morgan fingerprint density at radius 2 is 1.61 bits per heavy atom. The molecule has 0 fully saturated rings. The molecule has 0 radical (unpaired) electrons. The molecule has 1 heterocycles. The lowest BCUT2D eigenvalue weighted by Crippen LogP contribution is -2.11. The Balaban J connectivity index is 1.47. The molecule has 3 N–H and O–H groups in total. The van der Waals surface area contributed by atoms with E-state index in [1.807, 2.05) is 66.7 Å². The fraction of sp³-hybridized carbons (Fsp3) is 0.0417. The average Bonchev–Trinajstić information content (AvgIpc) is 3.20. The molecule has 0 atom stereocenters. The second kappa shape index (κ2) is 7.84. The Labute approximate surface area is 163 Å². The lowest BCUT2D eigenvalue weighted by Gasteiger charge is -2.07. The summed E-state index contributed by atoms with van der Waals surface area (Å²) in [6.07, 6.45) is 0.810. The van der Waals surface area contributed by atoms with Crippen molar-refractivity contribution in [2.45, 2.75) is 6.42 Å². The number of nitrogens with one attached hydrogen (secondary N) is 1. The van der Waals surface area contributed by atoms with Crippen molar-refractivity contribution < 1.29 is 9.21 Å². The van der Waals surface area contributed by atoms with Gasteiger partial charge in [-0.1, -0.05) is 54.6 Å². The number of nitrogen functional groups attached to an aromatic ring is 1. The molecule has 0 aliphatic carbocycles. The van der Waals surface area contributed by atoms with Crippen LogP contribution in [0, 0.1) is 0 Å². The molecule has 0 unspecified atom stereocenters. The number of rotatable bonds is 5. The number of hydrogen-bond acceptors (Lipinski definition) is 3. The SMILES string of the molecule is Nc1cccc(-c2ccc(C(=O)Nc3cccc(Cc4ccccc4)c3)o2)c1. The molecule has 4 aromatic rings. The minimum atomic E-state index is -0.285. The Hall–Kier alpha value is -3.79. The maximum absolute atomic E-state index is 12.6. The molecular weight excluding hydrogens is 348 g/mol. The van der Waals surface area contributed by atoms with Crippen LogP contribution in [0.3, 0.4) is 0 Å². The van der Waals surface area contributed by atoms with Crippen LogP contribution in [-0.4, -0.2) is 5.91 Å². The number of hydrogen-bond donors (Lipinski definition) is 2. The largest absolute Gasteiger partial charge is 0.451 e. The van der Waals surface area contributed by atoms with Gasteiger partial charge in [0.05, 0.1) is 0 Å². The van der Waals surface area contributed by atoms with Crippen LogP contribution in [0.15, 0.2) is 95.4 Å². The molecular formula is C24H20N2O2. The van der Waals surface area contributed by atoms with E-state index in [0.717, 1.165) is 23.2 Å². The van der Waals surface area contributed by atoms with Gasteiger partial charge in [-0.15, -0.1) is 0 Å². The fourth-order valence-corrected chi connectivity index (χ4v) is 3.09. The molecule has 4 rings (SSSR count). The van der Waals surface area contributed by atoms with E-state index in [9.17, 15) is 4.79 Å². The summed E-state index contributed by atoms with van der Waals surface area (Å²) >= 11 is 0. The standard InChI is InChI=1S/C24H20N2O2/c25-20-10-5-9-19(16-20)22-12-13-23(28-22)24(27)26-21-11-4-8-18(15-21)14-17-6-2-1-3-7-17/h1-13,15-16H,14,25H2,(H,26,27). The summed E-state index contributed by atoms with van der Waals surface area (Å²) in [6, 6.07) is 28.9. The van der Waals surface area contributed by atoms with Crippen molar-refractivity contribution in [1.29, 1.82) is 0 Å². The van der Waals surface area contributed by atoms with Gasteiger partial charge >= 0.3 is 0 Å². The van der Waals surface area contributed by atoms with Crippen molar-refractivity contribution in [3.8, 4) is 11.3 Å². The first-order valence-electron chi connectivity index (χ1n) is 9.07. The highest BCUT2D eigenvalue weighted by molar-refractivity contribution is 6.02. The van der Waals surface area contributed by atoms with Crippen LogP contribution in [-0.2, 0) is 6.42 Å². The topological polar surface area (TPSA) is 68.3 Å². The van der Waals surface area contributed by atoms with E-state index in [-0.39, 0.29) is 11.7 Å². The Kier molecular flexibility index (Phi) is 4.93. The number of furan rings is 1. The molecule has 4 nitrogen and oxygen atoms in total. The predicted octanol–water partition coefficient (Wildman–Crippen LogP) is 5.37. The Morgan fingerprint density at radius 1 is 0.821 bits per heavy atom. The summed E-state index contributed by atoms with van der Waals surface area (Å²) in [5.74, 6) is 0.577. The van der Waals surface area contributed by atoms with Gasteiger partial charge in [-0.3, -0.25) is 4.79 Å². The molecule has 0 saturated heterocycles. The van der Waals surface area contributed by atoms with E-state index in [2.05, 4.69) is 17.4 Å². The van der Waals surface area contributed by atoms with E-state index in [0.29, 0.717) is 11.4 Å². The normalized spacial score (nSPS) is 10.6. The predicted molar refractivity (Wildman–Crippen MR) is 112 cm³/mol. The zero-order valence-electron chi connectivity index (χ0n) is 15.3. The number of carbonyl (C=O) groups excluding carboxylic acids is 1. The van der Waals surface area contributed by atoms with Gasteiger partial charge in [0.1, 0.15) is 5.76 Å². The van der Waals surface area contributed by atoms with Gasteiger partial charge in [0, 0.05) is 16.9 Å². The van der Waals surface area contributed by atoms with Gasteiger partial charge in [0.25, 0.3) is 5.91 Å². The first-order chi connectivity index (χ1) is 13.7. The van der Waals surface area contributed by atoms with Gasteiger partial charge in [-0.25, -0.2) is 0 Å². The van der Waals surface area contributed by atoms with Crippen molar-refractivity contribution in [3.63, 3.8) is 0 Å². The first-order valence-corrected chi connectivity index (χ1v) is 9.07. The summed E-state index contributed by atoms with van der Waals surface area (Å²) in [7, 11) is 0. The van der Waals surface area contributed by atoms with Gasteiger partial charge in [-0.2, -0.15) is 0 Å². The molecule has 138 valence electrons. The third-order valence-electron chi connectivity index (χ3n) is 4.44. The minimum Gasteiger partial charge on any atom is -0.451 e. The quantitative estimate of drug-likeness (QED) is 0.465. The Bertz CT molecular complexity index is 1100. The Morgan fingerprint density at radius 3 is 2.43 bits per heavy atom. The van der Waals surface area contributed by atoms with Crippen LogP contribution in [0.25, 0.3) is 11.3 Å². The fourth-order valence-electron chi connectivity index (χ4n) is 3.09. The molecule has 4 heteroatoms. The van der Waals surface area contributed by atoms with Crippen molar-refractivity contribution in [1.82, 2.24) is 0 Å². The molecule has 0 aliphatic heterocycles. The van der Waals surface area contributed by atoms with Crippen LogP contribution in [0.5, 0.6) is 0 Å². The van der Waals surface area contributed by atoms with Crippen LogP contribution in [0.2, 0.25) is 0 Å². The monoisotopic (exact) mass is 368 g/mol.